The lowest BCUT2D eigenvalue weighted by Gasteiger charge is -2.28. The van der Waals surface area contributed by atoms with E-state index in [4.69, 9.17) is 18.5 Å². The van der Waals surface area contributed by atoms with Crippen molar-refractivity contribution in [2.45, 2.75) is 123 Å². The molecular formula is C36H64NO8P. The first kappa shape index (κ1) is 44.0. The Morgan fingerprint density at radius 3 is 1.85 bits per heavy atom. The van der Waals surface area contributed by atoms with Crippen LogP contribution in [0, 0.1) is 0 Å². The van der Waals surface area contributed by atoms with Crippen LogP contribution in [0.4, 0.5) is 0 Å². The molecule has 0 aromatic rings. The molecule has 0 rings (SSSR count). The Morgan fingerprint density at radius 2 is 1.24 bits per heavy atom. The molecule has 0 bridgehead atoms. The second-order valence-electron chi connectivity index (χ2n) is 12.5. The summed E-state index contributed by atoms with van der Waals surface area (Å²) in [4.78, 5) is 36.7. The van der Waals surface area contributed by atoms with Gasteiger partial charge in [-0.15, -0.1) is 0 Å². The van der Waals surface area contributed by atoms with Crippen LogP contribution >= 0.6 is 7.82 Å². The van der Waals surface area contributed by atoms with Gasteiger partial charge in [0.05, 0.1) is 27.7 Å². The molecule has 0 aliphatic carbocycles. The number of ether oxygens (including phenoxy) is 2. The monoisotopic (exact) mass is 669 g/mol. The van der Waals surface area contributed by atoms with Gasteiger partial charge in [0.25, 0.3) is 7.82 Å². The van der Waals surface area contributed by atoms with Crippen molar-refractivity contribution in [2.24, 2.45) is 0 Å². The Kier molecular flexibility index (Phi) is 27.8. The van der Waals surface area contributed by atoms with Crippen LogP contribution in [0.3, 0.4) is 0 Å². The second kappa shape index (κ2) is 29.1. The van der Waals surface area contributed by atoms with Crippen molar-refractivity contribution in [2.75, 3.05) is 47.5 Å². The van der Waals surface area contributed by atoms with Crippen molar-refractivity contribution >= 4 is 19.8 Å². The third kappa shape index (κ3) is 31.9. The summed E-state index contributed by atoms with van der Waals surface area (Å²) in [5.74, 6) is -0.886. The van der Waals surface area contributed by atoms with Gasteiger partial charge in [-0.2, -0.15) is 0 Å². The molecule has 46 heavy (non-hydrogen) atoms. The minimum atomic E-state index is -4.61. The molecule has 0 aliphatic rings. The van der Waals surface area contributed by atoms with Gasteiger partial charge < -0.3 is 27.9 Å². The van der Waals surface area contributed by atoms with E-state index in [1.54, 1.807) is 0 Å². The van der Waals surface area contributed by atoms with Gasteiger partial charge in [0.15, 0.2) is 6.10 Å². The molecule has 0 spiro atoms. The van der Waals surface area contributed by atoms with Crippen LogP contribution in [0.25, 0.3) is 0 Å². The Labute approximate surface area is 280 Å². The maximum atomic E-state index is 12.5. The fourth-order valence-corrected chi connectivity index (χ4v) is 4.84. The Balaban J connectivity index is 4.27. The Bertz CT molecular complexity index is 939. The zero-order valence-electron chi connectivity index (χ0n) is 29.5. The molecular weight excluding hydrogens is 605 g/mol. The highest BCUT2D eigenvalue weighted by molar-refractivity contribution is 7.45. The first-order valence-electron chi connectivity index (χ1n) is 17.3. The van der Waals surface area contributed by atoms with E-state index in [1.807, 2.05) is 28.1 Å². The molecule has 0 aliphatic heterocycles. The topological polar surface area (TPSA) is 111 Å². The summed E-state index contributed by atoms with van der Waals surface area (Å²) in [6.07, 6.45) is 30.8. The highest BCUT2D eigenvalue weighted by Gasteiger charge is 2.21. The molecule has 0 amide bonds. The van der Waals surface area contributed by atoms with Gasteiger partial charge in [-0.05, 0) is 51.4 Å². The highest BCUT2D eigenvalue weighted by Crippen LogP contribution is 2.38. The number of quaternary nitrogens is 1. The van der Waals surface area contributed by atoms with Gasteiger partial charge in [-0.1, -0.05) is 101 Å². The third-order valence-corrected chi connectivity index (χ3v) is 7.83. The van der Waals surface area contributed by atoms with Crippen molar-refractivity contribution in [3.63, 3.8) is 0 Å². The number of carbonyl (C=O) groups excluding carboxylic acids is 2. The largest absolute Gasteiger partial charge is 0.756 e. The lowest BCUT2D eigenvalue weighted by atomic mass is 10.1. The Morgan fingerprint density at radius 1 is 0.696 bits per heavy atom. The number of hydrogen-bond acceptors (Lipinski definition) is 8. The predicted octanol–water partition coefficient (Wildman–Crippen LogP) is 8.16. The molecule has 0 radical (unpaired) electrons. The van der Waals surface area contributed by atoms with Gasteiger partial charge in [0.2, 0.25) is 0 Å². The van der Waals surface area contributed by atoms with E-state index in [-0.39, 0.29) is 26.1 Å². The zero-order valence-corrected chi connectivity index (χ0v) is 30.4. The number of rotatable bonds is 30. The van der Waals surface area contributed by atoms with Gasteiger partial charge in [-0.3, -0.25) is 14.2 Å². The summed E-state index contributed by atoms with van der Waals surface area (Å²) < 4.78 is 33.3. The fraction of sp³-hybridized carbons (Fsp3) is 0.722. The molecule has 2 unspecified atom stereocenters. The molecule has 10 heteroatoms. The summed E-state index contributed by atoms with van der Waals surface area (Å²) in [5, 5.41) is 0. The van der Waals surface area contributed by atoms with E-state index in [0.717, 1.165) is 77.0 Å². The van der Waals surface area contributed by atoms with E-state index in [9.17, 15) is 19.0 Å². The van der Waals surface area contributed by atoms with Crippen LogP contribution in [0.5, 0.6) is 0 Å². The maximum absolute atomic E-state index is 12.5. The van der Waals surface area contributed by atoms with Crippen molar-refractivity contribution in [3.8, 4) is 0 Å². The molecule has 0 saturated heterocycles. The summed E-state index contributed by atoms with van der Waals surface area (Å²) in [6.45, 7) is 3.87. The van der Waals surface area contributed by atoms with Crippen LogP contribution in [-0.4, -0.2) is 70.0 Å². The molecule has 266 valence electrons. The normalized spacial score (nSPS) is 14.5. The summed E-state index contributed by atoms with van der Waals surface area (Å²) in [5.41, 5.74) is 0. The second-order valence-corrected chi connectivity index (χ2v) is 13.9. The van der Waals surface area contributed by atoms with E-state index in [1.165, 1.54) is 0 Å². The van der Waals surface area contributed by atoms with Gasteiger partial charge in [0, 0.05) is 12.8 Å². The number of allylic oxidation sites excluding steroid dienone is 8. The predicted molar refractivity (Wildman–Crippen MR) is 185 cm³/mol. The number of phosphoric ester groups is 1. The number of carbonyl (C=O) groups is 2. The fourth-order valence-electron chi connectivity index (χ4n) is 4.11. The molecule has 0 aromatic carbocycles. The van der Waals surface area contributed by atoms with Gasteiger partial charge in [0.1, 0.15) is 19.8 Å². The number of esters is 2. The van der Waals surface area contributed by atoms with Crippen molar-refractivity contribution in [1.82, 2.24) is 0 Å². The summed E-state index contributed by atoms with van der Waals surface area (Å²) >= 11 is 0. The maximum Gasteiger partial charge on any atom is 0.306 e. The minimum Gasteiger partial charge on any atom is -0.756 e. The van der Waals surface area contributed by atoms with Crippen molar-refractivity contribution < 1.29 is 42.1 Å². The standard InChI is InChI=1S/C36H64NO8P/c1-6-8-10-11-12-13-14-15-16-17-18-19-20-21-22-23-24-25-27-29-36(39)45-34(32-42-35(38)28-26-9-7-2)33-44-46(40,41)43-31-30-37(3,4)5/h8,10,12-13,15-16,18-19,34H,6-7,9,11,14,17,20-33H2,1-5H3/b10-8-,13-12-,16-15-,19-18-. The van der Waals surface area contributed by atoms with Crippen LogP contribution in [0.2, 0.25) is 0 Å². The van der Waals surface area contributed by atoms with Crippen LogP contribution in [0.15, 0.2) is 48.6 Å². The van der Waals surface area contributed by atoms with E-state index >= 15 is 0 Å². The first-order valence-corrected chi connectivity index (χ1v) is 18.8. The van der Waals surface area contributed by atoms with E-state index in [2.05, 4.69) is 55.5 Å². The quantitative estimate of drug-likeness (QED) is 0.0248. The van der Waals surface area contributed by atoms with Crippen LogP contribution in [0.1, 0.15) is 117 Å². The molecule has 0 fully saturated rings. The smallest absolute Gasteiger partial charge is 0.306 e. The number of likely N-dealkylation sites (N-methyl/N-ethyl adjacent to an activating group) is 1. The lowest BCUT2D eigenvalue weighted by Crippen LogP contribution is -2.37. The van der Waals surface area contributed by atoms with Crippen LogP contribution < -0.4 is 4.89 Å². The third-order valence-electron chi connectivity index (χ3n) is 6.86. The van der Waals surface area contributed by atoms with E-state index < -0.39 is 32.5 Å². The van der Waals surface area contributed by atoms with Gasteiger partial charge >= 0.3 is 11.9 Å². The average molecular weight is 670 g/mol. The number of unbranched alkanes of at least 4 members (excludes halogenated alkanes) is 8. The zero-order chi connectivity index (χ0) is 34.4. The lowest BCUT2D eigenvalue weighted by molar-refractivity contribution is -0.870. The van der Waals surface area contributed by atoms with Crippen molar-refractivity contribution in [3.05, 3.63) is 48.6 Å². The van der Waals surface area contributed by atoms with Gasteiger partial charge in [-0.25, -0.2) is 0 Å². The molecule has 9 nitrogen and oxygen atoms in total. The number of nitrogens with zero attached hydrogens (tertiary/aromatic N) is 1. The van der Waals surface area contributed by atoms with Crippen molar-refractivity contribution in [1.29, 1.82) is 0 Å². The molecule has 0 aromatic heterocycles. The first-order chi connectivity index (χ1) is 22.0. The molecule has 0 N–H and O–H groups in total. The average Bonchev–Trinajstić information content (AvgIpc) is 2.99. The Hall–Kier alpha value is -2.03. The molecule has 0 saturated carbocycles. The SMILES string of the molecule is CC/C=C\C/C=C\C/C=C\C/C=C\CCCCCCCCC(=O)OC(COC(=O)CCCCC)COP(=O)([O-])OCC[N+](C)(C)C. The molecule has 2 atom stereocenters. The number of phosphoric acid groups is 1. The van der Waals surface area contributed by atoms with E-state index in [0.29, 0.717) is 23.9 Å². The summed E-state index contributed by atoms with van der Waals surface area (Å²) in [7, 11) is 1.14. The minimum absolute atomic E-state index is 0.0361. The molecule has 0 heterocycles. The summed E-state index contributed by atoms with van der Waals surface area (Å²) in [6, 6.07) is 0. The number of hydrogen-bond donors (Lipinski definition) is 0. The van der Waals surface area contributed by atoms with Crippen LogP contribution in [-0.2, 0) is 32.7 Å². The highest BCUT2D eigenvalue weighted by atomic mass is 31.2.